The van der Waals surface area contributed by atoms with Gasteiger partial charge in [0.05, 0.1) is 0 Å². The number of benzene rings is 2. The third kappa shape index (κ3) is 3.17. The second-order valence-corrected chi connectivity index (χ2v) is 6.80. The van der Waals surface area contributed by atoms with Crippen LogP contribution in [0, 0.1) is 11.6 Å². The second-order valence-electron chi connectivity index (χ2n) is 6.36. The van der Waals surface area contributed by atoms with Gasteiger partial charge in [-0.3, -0.25) is 4.79 Å². The van der Waals surface area contributed by atoms with Crippen LogP contribution in [0.25, 0.3) is 11.1 Å². The molecule has 1 aliphatic rings. The van der Waals surface area contributed by atoms with Crippen LogP contribution in [0.3, 0.4) is 0 Å². The minimum Gasteiger partial charge on any atom is -0.440 e. The highest BCUT2D eigenvalue weighted by Gasteiger charge is 2.28. The van der Waals surface area contributed by atoms with Crippen LogP contribution >= 0.6 is 11.6 Å². The number of fused-ring (bicyclic) bond motifs is 1. The molecule has 1 amide bonds. The van der Waals surface area contributed by atoms with Crippen LogP contribution in [0.2, 0.25) is 5.02 Å². The molecule has 0 radical (unpaired) electrons. The summed E-state index contributed by atoms with van der Waals surface area (Å²) in [5.41, 5.74) is 1.55. The Kier molecular flexibility index (Phi) is 4.36. The van der Waals surface area contributed by atoms with Crippen molar-refractivity contribution in [3.63, 3.8) is 0 Å². The molecule has 134 valence electrons. The minimum atomic E-state index is -1.02. The van der Waals surface area contributed by atoms with Crippen LogP contribution in [0.1, 0.15) is 35.0 Å². The normalized spacial score (nSPS) is 15.6. The molecular weight excluding hydrogens is 362 g/mol. The van der Waals surface area contributed by atoms with Gasteiger partial charge >= 0.3 is 0 Å². The maximum absolute atomic E-state index is 13.3. The van der Waals surface area contributed by atoms with E-state index in [-0.39, 0.29) is 17.4 Å². The molecule has 4 nitrogen and oxygen atoms in total. The fourth-order valence-electron chi connectivity index (χ4n) is 3.23. The van der Waals surface area contributed by atoms with Gasteiger partial charge in [0.1, 0.15) is 5.52 Å². The minimum absolute atomic E-state index is 0.107. The molecule has 0 N–H and O–H groups in total. The first kappa shape index (κ1) is 17.0. The molecule has 1 aromatic heterocycles. The van der Waals surface area contributed by atoms with Crippen LogP contribution in [0.15, 0.2) is 40.8 Å². The topological polar surface area (TPSA) is 46.3 Å². The summed E-state index contributed by atoms with van der Waals surface area (Å²) >= 11 is 5.97. The highest BCUT2D eigenvalue weighted by Crippen LogP contribution is 2.31. The highest BCUT2D eigenvalue weighted by molar-refractivity contribution is 6.31. The van der Waals surface area contributed by atoms with Gasteiger partial charge in [-0.05, 0) is 49.2 Å². The van der Waals surface area contributed by atoms with E-state index in [0.717, 1.165) is 12.1 Å². The van der Waals surface area contributed by atoms with Gasteiger partial charge in [0.15, 0.2) is 23.1 Å². The molecule has 0 unspecified atom stereocenters. The van der Waals surface area contributed by atoms with Gasteiger partial charge in [-0.1, -0.05) is 11.6 Å². The van der Waals surface area contributed by atoms with Crippen molar-refractivity contribution >= 4 is 28.6 Å². The van der Waals surface area contributed by atoms with Crippen molar-refractivity contribution in [1.29, 1.82) is 0 Å². The summed E-state index contributed by atoms with van der Waals surface area (Å²) in [6.45, 7) is 1.00. The predicted molar refractivity (Wildman–Crippen MR) is 93.3 cm³/mol. The quantitative estimate of drug-likeness (QED) is 0.646. The third-order valence-electron chi connectivity index (χ3n) is 4.66. The summed E-state index contributed by atoms with van der Waals surface area (Å²) < 4.78 is 32.2. The molecule has 26 heavy (non-hydrogen) atoms. The van der Waals surface area contributed by atoms with Crippen LogP contribution in [-0.4, -0.2) is 28.9 Å². The summed E-state index contributed by atoms with van der Waals surface area (Å²) in [6.07, 6.45) is 1.38. The number of rotatable bonds is 2. The number of aromatic nitrogens is 1. The van der Waals surface area contributed by atoms with E-state index in [1.54, 1.807) is 23.1 Å². The lowest BCUT2D eigenvalue weighted by molar-refractivity contribution is 0.0706. The zero-order valence-electron chi connectivity index (χ0n) is 13.7. The van der Waals surface area contributed by atoms with E-state index in [1.807, 2.05) is 0 Å². The predicted octanol–water partition coefficient (Wildman–Crippen LogP) is 4.78. The maximum atomic E-state index is 13.3. The van der Waals surface area contributed by atoms with Gasteiger partial charge < -0.3 is 9.32 Å². The first-order valence-corrected chi connectivity index (χ1v) is 8.69. The van der Waals surface area contributed by atoms with E-state index in [2.05, 4.69) is 4.98 Å². The lowest BCUT2D eigenvalue weighted by Crippen LogP contribution is -2.38. The van der Waals surface area contributed by atoms with E-state index >= 15 is 0 Å². The van der Waals surface area contributed by atoms with Gasteiger partial charge in [0.25, 0.3) is 5.91 Å². The molecule has 7 heteroatoms. The molecule has 1 fully saturated rings. The fourth-order valence-corrected chi connectivity index (χ4v) is 3.40. The number of carbonyl (C=O) groups excluding carboxylic acids is 1. The first-order valence-electron chi connectivity index (χ1n) is 8.31. The molecule has 0 spiro atoms. The Balaban J connectivity index is 1.46. The highest BCUT2D eigenvalue weighted by atomic mass is 35.5. The third-order valence-corrected chi connectivity index (χ3v) is 4.90. The van der Waals surface area contributed by atoms with E-state index in [9.17, 15) is 13.6 Å². The zero-order chi connectivity index (χ0) is 18.3. The van der Waals surface area contributed by atoms with E-state index in [1.165, 1.54) is 6.07 Å². The van der Waals surface area contributed by atoms with Gasteiger partial charge in [-0.2, -0.15) is 0 Å². The molecular formula is C19H15ClF2N2O2. The molecule has 4 rings (SSSR count). The Morgan fingerprint density at radius 2 is 1.88 bits per heavy atom. The second kappa shape index (κ2) is 6.68. The molecule has 2 aromatic carbocycles. The van der Waals surface area contributed by atoms with Gasteiger partial charge in [-0.25, -0.2) is 13.8 Å². The Hall–Kier alpha value is -2.47. The first-order chi connectivity index (χ1) is 12.5. The molecule has 0 saturated carbocycles. The fraction of sp³-hybridized carbons (Fsp3) is 0.263. The summed E-state index contributed by atoms with van der Waals surface area (Å²) in [4.78, 5) is 18.6. The number of carbonyl (C=O) groups is 1. The Morgan fingerprint density at radius 3 is 2.62 bits per heavy atom. The Bertz CT molecular complexity index is 981. The standard InChI is InChI=1S/C19H15ClF2N2O2/c20-13-2-4-17-16(10-13)23-18(26-17)11-5-7-24(8-6-11)19(25)12-1-3-14(21)15(22)9-12/h1-4,9-11H,5-8H2. The maximum Gasteiger partial charge on any atom is 0.253 e. The van der Waals surface area contributed by atoms with Crippen molar-refractivity contribution in [3.8, 4) is 0 Å². The van der Waals surface area contributed by atoms with Crippen molar-refractivity contribution in [2.75, 3.05) is 13.1 Å². The summed E-state index contributed by atoms with van der Waals surface area (Å²) in [7, 11) is 0. The zero-order valence-corrected chi connectivity index (χ0v) is 14.5. The lowest BCUT2D eigenvalue weighted by Gasteiger charge is -2.30. The molecule has 0 aliphatic carbocycles. The summed E-state index contributed by atoms with van der Waals surface area (Å²) in [6, 6.07) is 8.51. The molecule has 1 saturated heterocycles. The summed E-state index contributed by atoms with van der Waals surface area (Å²) in [5.74, 6) is -1.53. The Labute approximate surface area is 153 Å². The molecule has 0 bridgehead atoms. The SMILES string of the molecule is O=C(c1ccc(F)c(F)c1)N1CCC(c2nc3cc(Cl)ccc3o2)CC1. The van der Waals surface area contributed by atoms with Crippen molar-refractivity contribution in [2.24, 2.45) is 0 Å². The number of piperidine rings is 1. The van der Waals surface area contributed by atoms with E-state index in [0.29, 0.717) is 47.9 Å². The number of amides is 1. The number of likely N-dealkylation sites (tertiary alicyclic amines) is 1. The average molecular weight is 377 g/mol. The smallest absolute Gasteiger partial charge is 0.253 e. The van der Waals surface area contributed by atoms with Crippen molar-refractivity contribution in [2.45, 2.75) is 18.8 Å². The molecule has 0 atom stereocenters. The number of hydrogen-bond donors (Lipinski definition) is 0. The van der Waals surface area contributed by atoms with Crippen LogP contribution in [0.4, 0.5) is 8.78 Å². The van der Waals surface area contributed by atoms with Crippen molar-refractivity contribution in [3.05, 3.63) is 64.5 Å². The number of hydrogen-bond acceptors (Lipinski definition) is 3. The number of halogens is 3. The van der Waals surface area contributed by atoms with Crippen LogP contribution < -0.4 is 0 Å². The monoisotopic (exact) mass is 376 g/mol. The number of nitrogens with zero attached hydrogens (tertiary/aromatic N) is 2. The van der Waals surface area contributed by atoms with Gasteiger partial charge in [-0.15, -0.1) is 0 Å². The van der Waals surface area contributed by atoms with Gasteiger partial charge in [0.2, 0.25) is 0 Å². The van der Waals surface area contributed by atoms with Crippen LogP contribution in [-0.2, 0) is 0 Å². The molecule has 3 aromatic rings. The van der Waals surface area contributed by atoms with Crippen molar-refractivity contribution in [1.82, 2.24) is 9.88 Å². The Morgan fingerprint density at radius 1 is 1.12 bits per heavy atom. The average Bonchev–Trinajstić information content (AvgIpc) is 3.06. The lowest BCUT2D eigenvalue weighted by atomic mass is 9.96. The molecule has 2 heterocycles. The van der Waals surface area contributed by atoms with Crippen LogP contribution in [0.5, 0.6) is 0 Å². The van der Waals surface area contributed by atoms with E-state index < -0.39 is 11.6 Å². The summed E-state index contributed by atoms with van der Waals surface area (Å²) in [5, 5.41) is 0.601. The van der Waals surface area contributed by atoms with Crippen molar-refractivity contribution < 1.29 is 18.0 Å². The van der Waals surface area contributed by atoms with Gasteiger partial charge in [0, 0.05) is 29.6 Å². The number of oxazole rings is 1. The van der Waals surface area contributed by atoms with E-state index in [4.69, 9.17) is 16.0 Å². The molecule has 1 aliphatic heterocycles. The largest absolute Gasteiger partial charge is 0.440 e.